The number of pyridine rings is 2. The quantitative estimate of drug-likeness (QED) is 0.773. The van der Waals surface area contributed by atoms with Gasteiger partial charge in [0.1, 0.15) is 0 Å². The van der Waals surface area contributed by atoms with Crippen LogP contribution in [0.3, 0.4) is 0 Å². The van der Waals surface area contributed by atoms with Gasteiger partial charge >= 0.3 is 0 Å². The maximum atomic E-state index is 4.59. The topological polar surface area (TPSA) is 29.0 Å². The van der Waals surface area contributed by atoms with Gasteiger partial charge in [0.25, 0.3) is 0 Å². The smallest absolute Gasteiger partial charge is 0.0544 e. The molecule has 0 aliphatic heterocycles. The first-order valence-corrected chi connectivity index (χ1v) is 7.79. The van der Waals surface area contributed by atoms with Crippen molar-refractivity contribution in [3.63, 3.8) is 0 Å². The summed E-state index contributed by atoms with van der Waals surface area (Å²) >= 11 is 0. The highest BCUT2D eigenvalue weighted by Crippen LogP contribution is 2.14. The Hall–Kier alpha value is -1.74. The van der Waals surface area contributed by atoms with E-state index in [1.807, 2.05) is 18.6 Å². The van der Waals surface area contributed by atoms with Gasteiger partial charge in [0, 0.05) is 37.7 Å². The van der Waals surface area contributed by atoms with E-state index in [0.29, 0.717) is 6.04 Å². The molecule has 0 unspecified atom stereocenters. The van der Waals surface area contributed by atoms with Gasteiger partial charge in [-0.05, 0) is 49.1 Å². The summed E-state index contributed by atoms with van der Waals surface area (Å²) in [5.41, 5.74) is 3.74. The molecule has 0 bridgehead atoms. The number of aromatic nitrogens is 2. The monoisotopic (exact) mass is 283 g/mol. The van der Waals surface area contributed by atoms with Gasteiger partial charge in [-0.2, -0.15) is 0 Å². The molecular formula is C18H25N3. The van der Waals surface area contributed by atoms with Gasteiger partial charge in [0.15, 0.2) is 0 Å². The van der Waals surface area contributed by atoms with E-state index in [9.17, 15) is 0 Å². The molecule has 2 heterocycles. The molecule has 112 valence electrons. The lowest BCUT2D eigenvalue weighted by Crippen LogP contribution is -2.32. The van der Waals surface area contributed by atoms with E-state index >= 15 is 0 Å². The Morgan fingerprint density at radius 3 is 2.33 bits per heavy atom. The predicted molar refractivity (Wildman–Crippen MR) is 86.9 cm³/mol. The average Bonchev–Trinajstić information content (AvgIpc) is 2.55. The van der Waals surface area contributed by atoms with Crippen LogP contribution in [0.2, 0.25) is 0 Å². The van der Waals surface area contributed by atoms with E-state index in [0.717, 1.165) is 31.6 Å². The minimum Gasteiger partial charge on any atom is -0.291 e. The van der Waals surface area contributed by atoms with Crippen LogP contribution in [0.25, 0.3) is 0 Å². The summed E-state index contributed by atoms with van der Waals surface area (Å²) in [5.74, 6) is 0. The van der Waals surface area contributed by atoms with Crippen LogP contribution in [0.1, 0.15) is 44.0 Å². The van der Waals surface area contributed by atoms with Gasteiger partial charge in [-0.3, -0.25) is 14.9 Å². The average molecular weight is 283 g/mol. The summed E-state index contributed by atoms with van der Waals surface area (Å²) in [5, 5.41) is 0. The first-order chi connectivity index (χ1) is 10.2. The van der Waals surface area contributed by atoms with Crippen molar-refractivity contribution in [3.05, 3.63) is 59.7 Å². The summed E-state index contributed by atoms with van der Waals surface area (Å²) in [6.45, 7) is 8.50. The van der Waals surface area contributed by atoms with Gasteiger partial charge in [0.2, 0.25) is 0 Å². The lowest BCUT2D eigenvalue weighted by atomic mass is 10.1. The lowest BCUT2D eigenvalue weighted by Gasteiger charge is -2.28. The van der Waals surface area contributed by atoms with Crippen LogP contribution >= 0.6 is 0 Å². The number of aryl methyl sites for hydroxylation is 1. The molecule has 21 heavy (non-hydrogen) atoms. The van der Waals surface area contributed by atoms with Gasteiger partial charge < -0.3 is 0 Å². The van der Waals surface area contributed by atoms with Crippen LogP contribution in [-0.2, 0) is 19.5 Å². The second-order valence-electron chi connectivity index (χ2n) is 5.53. The van der Waals surface area contributed by atoms with Crippen molar-refractivity contribution in [3.8, 4) is 0 Å². The highest BCUT2D eigenvalue weighted by atomic mass is 15.2. The lowest BCUT2D eigenvalue weighted by molar-refractivity contribution is 0.184. The Labute approximate surface area is 128 Å². The highest BCUT2D eigenvalue weighted by molar-refractivity contribution is 5.15. The minimum atomic E-state index is 0.533. The normalized spacial score (nSPS) is 12.6. The molecule has 2 aromatic rings. The molecule has 0 saturated heterocycles. The van der Waals surface area contributed by atoms with E-state index in [-0.39, 0.29) is 0 Å². The Morgan fingerprint density at radius 1 is 1.00 bits per heavy atom. The van der Waals surface area contributed by atoms with Crippen LogP contribution in [0.15, 0.2) is 42.9 Å². The highest BCUT2D eigenvalue weighted by Gasteiger charge is 2.14. The van der Waals surface area contributed by atoms with Crippen LogP contribution in [0.5, 0.6) is 0 Å². The first kappa shape index (κ1) is 15.6. The molecule has 0 aliphatic carbocycles. The zero-order valence-electron chi connectivity index (χ0n) is 13.3. The Kier molecular flexibility index (Phi) is 5.88. The number of hydrogen-bond acceptors (Lipinski definition) is 3. The molecule has 3 nitrogen and oxygen atoms in total. The van der Waals surface area contributed by atoms with Crippen molar-refractivity contribution < 1.29 is 0 Å². The van der Waals surface area contributed by atoms with E-state index in [4.69, 9.17) is 0 Å². The molecule has 0 radical (unpaired) electrons. The number of nitrogens with zero attached hydrogens (tertiary/aromatic N) is 3. The summed E-state index contributed by atoms with van der Waals surface area (Å²) in [6.07, 6.45) is 7.89. The second kappa shape index (κ2) is 7.89. The maximum absolute atomic E-state index is 4.59. The zero-order valence-corrected chi connectivity index (χ0v) is 13.3. The third kappa shape index (κ3) is 4.64. The van der Waals surface area contributed by atoms with Crippen molar-refractivity contribution in [1.82, 2.24) is 14.9 Å². The molecule has 0 saturated carbocycles. The molecule has 0 spiro atoms. The minimum absolute atomic E-state index is 0.533. The molecule has 0 aromatic carbocycles. The summed E-state index contributed by atoms with van der Waals surface area (Å²) < 4.78 is 0. The van der Waals surface area contributed by atoms with Gasteiger partial charge in [0.05, 0.1) is 5.69 Å². The van der Waals surface area contributed by atoms with E-state index in [2.05, 4.69) is 59.9 Å². The fourth-order valence-electron chi connectivity index (χ4n) is 2.31. The fraction of sp³-hybridized carbons (Fsp3) is 0.444. The zero-order chi connectivity index (χ0) is 15.1. The van der Waals surface area contributed by atoms with Crippen molar-refractivity contribution in [2.45, 2.75) is 52.7 Å². The SMILES string of the molecule is CCc1ccc(CN(Cc2ccncc2)[C@H](C)CC)nc1. The molecule has 2 rings (SSSR count). The second-order valence-corrected chi connectivity index (χ2v) is 5.53. The number of hydrogen-bond donors (Lipinski definition) is 0. The summed E-state index contributed by atoms with van der Waals surface area (Å²) in [7, 11) is 0. The summed E-state index contributed by atoms with van der Waals surface area (Å²) in [6, 6.07) is 9.04. The van der Waals surface area contributed by atoms with Crippen LogP contribution in [0, 0.1) is 0 Å². The van der Waals surface area contributed by atoms with Crippen LogP contribution < -0.4 is 0 Å². The Balaban J connectivity index is 2.08. The first-order valence-electron chi connectivity index (χ1n) is 7.79. The van der Waals surface area contributed by atoms with Crippen molar-refractivity contribution in [2.24, 2.45) is 0 Å². The molecule has 0 amide bonds. The van der Waals surface area contributed by atoms with Gasteiger partial charge in [-0.25, -0.2) is 0 Å². The molecule has 2 aromatic heterocycles. The Bertz CT molecular complexity index is 522. The van der Waals surface area contributed by atoms with Crippen molar-refractivity contribution in [2.75, 3.05) is 0 Å². The van der Waals surface area contributed by atoms with Gasteiger partial charge in [-0.15, -0.1) is 0 Å². The van der Waals surface area contributed by atoms with Crippen molar-refractivity contribution in [1.29, 1.82) is 0 Å². The van der Waals surface area contributed by atoms with Crippen molar-refractivity contribution >= 4 is 0 Å². The largest absolute Gasteiger partial charge is 0.291 e. The molecule has 1 atom stereocenters. The van der Waals surface area contributed by atoms with Gasteiger partial charge in [-0.1, -0.05) is 19.9 Å². The predicted octanol–water partition coefficient (Wildman–Crippen LogP) is 3.84. The van der Waals surface area contributed by atoms with E-state index in [1.165, 1.54) is 11.1 Å². The molecule has 0 N–H and O–H groups in total. The summed E-state index contributed by atoms with van der Waals surface area (Å²) in [4.78, 5) is 11.2. The van der Waals surface area contributed by atoms with Crippen LogP contribution in [-0.4, -0.2) is 20.9 Å². The third-order valence-corrected chi connectivity index (χ3v) is 4.01. The molecule has 3 heteroatoms. The molecule has 0 aliphatic rings. The maximum Gasteiger partial charge on any atom is 0.0544 e. The van der Waals surface area contributed by atoms with E-state index in [1.54, 1.807) is 0 Å². The van der Waals surface area contributed by atoms with E-state index < -0.39 is 0 Å². The third-order valence-electron chi connectivity index (χ3n) is 4.01. The fourth-order valence-corrected chi connectivity index (χ4v) is 2.31. The standard InChI is InChI=1S/C18H25N3/c1-4-15(3)21(13-17-8-10-19-11-9-17)14-18-7-6-16(5-2)12-20-18/h6-12,15H,4-5,13-14H2,1-3H3/t15-/m1/s1. The molecular weight excluding hydrogens is 258 g/mol. The Morgan fingerprint density at radius 2 is 1.76 bits per heavy atom. The molecule has 0 fully saturated rings. The van der Waals surface area contributed by atoms with Crippen LogP contribution in [0.4, 0.5) is 0 Å². The number of rotatable bonds is 7.